The maximum atomic E-state index is 6.10. The Morgan fingerprint density at radius 2 is 1.71 bits per heavy atom. The van der Waals surface area contributed by atoms with Crippen LogP contribution < -0.4 is 5.32 Å². The maximum Gasteiger partial charge on any atom is 0.0453 e. The van der Waals surface area contributed by atoms with Crippen LogP contribution in [0.1, 0.15) is 5.56 Å². The standard InChI is InChI=1S/C14H13Cl2N/c15-12-7-6-11(14(16)10-12)8-9-17-13-4-2-1-3-5-13/h1-7,10,17H,8-9H2. The largest absolute Gasteiger partial charge is 0.385 e. The quantitative estimate of drug-likeness (QED) is 0.849. The van der Waals surface area contributed by atoms with Gasteiger partial charge in [-0.1, -0.05) is 47.5 Å². The minimum Gasteiger partial charge on any atom is -0.385 e. The lowest BCUT2D eigenvalue weighted by molar-refractivity contribution is 1.02. The summed E-state index contributed by atoms with van der Waals surface area (Å²) >= 11 is 11.9. The lowest BCUT2D eigenvalue weighted by Crippen LogP contribution is -2.04. The van der Waals surface area contributed by atoms with Crippen molar-refractivity contribution in [2.24, 2.45) is 0 Å². The Labute approximate surface area is 111 Å². The van der Waals surface area contributed by atoms with E-state index in [9.17, 15) is 0 Å². The van der Waals surface area contributed by atoms with Gasteiger partial charge >= 0.3 is 0 Å². The molecule has 88 valence electrons. The molecule has 0 heterocycles. The molecule has 0 saturated carbocycles. The van der Waals surface area contributed by atoms with E-state index in [0.29, 0.717) is 5.02 Å². The SMILES string of the molecule is Clc1ccc(CCNc2ccccc2)c(Cl)c1. The molecule has 0 atom stereocenters. The van der Waals surface area contributed by atoms with E-state index in [-0.39, 0.29) is 0 Å². The van der Waals surface area contributed by atoms with Gasteiger partial charge < -0.3 is 5.32 Å². The van der Waals surface area contributed by atoms with Crippen LogP contribution in [-0.4, -0.2) is 6.54 Å². The van der Waals surface area contributed by atoms with Crippen molar-refractivity contribution in [3.63, 3.8) is 0 Å². The number of hydrogen-bond acceptors (Lipinski definition) is 1. The molecule has 0 amide bonds. The first-order valence-electron chi connectivity index (χ1n) is 5.48. The molecular weight excluding hydrogens is 253 g/mol. The van der Waals surface area contributed by atoms with Gasteiger partial charge in [0.15, 0.2) is 0 Å². The molecule has 0 unspecified atom stereocenters. The van der Waals surface area contributed by atoms with Gasteiger partial charge in [-0.2, -0.15) is 0 Å². The molecule has 3 heteroatoms. The number of rotatable bonds is 4. The molecule has 2 rings (SSSR count). The fourth-order valence-corrected chi connectivity index (χ4v) is 2.12. The highest BCUT2D eigenvalue weighted by Crippen LogP contribution is 2.21. The van der Waals surface area contributed by atoms with Crippen LogP contribution >= 0.6 is 23.2 Å². The summed E-state index contributed by atoms with van der Waals surface area (Å²) in [6.45, 7) is 0.853. The van der Waals surface area contributed by atoms with Crippen molar-refractivity contribution >= 4 is 28.9 Å². The monoisotopic (exact) mass is 265 g/mol. The lowest BCUT2D eigenvalue weighted by atomic mass is 10.1. The minimum atomic E-state index is 0.676. The topological polar surface area (TPSA) is 12.0 Å². The summed E-state index contributed by atoms with van der Waals surface area (Å²) in [5.41, 5.74) is 2.23. The van der Waals surface area contributed by atoms with Crippen LogP contribution in [0.15, 0.2) is 48.5 Å². The van der Waals surface area contributed by atoms with Crippen molar-refractivity contribution in [3.8, 4) is 0 Å². The Morgan fingerprint density at radius 3 is 2.41 bits per heavy atom. The smallest absolute Gasteiger partial charge is 0.0453 e. The van der Waals surface area contributed by atoms with Gasteiger partial charge in [-0.15, -0.1) is 0 Å². The average Bonchev–Trinajstić information content (AvgIpc) is 2.33. The zero-order valence-electron chi connectivity index (χ0n) is 9.29. The summed E-state index contributed by atoms with van der Waals surface area (Å²) in [7, 11) is 0. The molecule has 0 aliphatic rings. The van der Waals surface area contributed by atoms with Gasteiger partial charge in [0.2, 0.25) is 0 Å². The molecule has 17 heavy (non-hydrogen) atoms. The van der Waals surface area contributed by atoms with Crippen molar-refractivity contribution in [1.29, 1.82) is 0 Å². The summed E-state index contributed by atoms with van der Waals surface area (Å²) in [5.74, 6) is 0. The second kappa shape index (κ2) is 5.95. The van der Waals surface area contributed by atoms with Gasteiger partial charge in [-0.25, -0.2) is 0 Å². The maximum absolute atomic E-state index is 6.10. The van der Waals surface area contributed by atoms with Gasteiger partial charge in [0, 0.05) is 22.3 Å². The highest BCUT2D eigenvalue weighted by Gasteiger charge is 2.00. The summed E-state index contributed by atoms with van der Waals surface area (Å²) < 4.78 is 0. The van der Waals surface area contributed by atoms with E-state index in [4.69, 9.17) is 23.2 Å². The van der Waals surface area contributed by atoms with Gasteiger partial charge in [-0.05, 0) is 36.2 Å². The van der Waals surface area contributed by atoms with Gasteiger partial charge in [-0.3, -0.25) is 0 Å². The number of anilines is 1. The molecule has 2 aromatic rings. The zero-order valence-corrected chi connectivity index (χ0v) is 10.8. The van der Waals surface area contributed by atoms with E-state index in [0.717, 1.165) is 29.2 Å². The first-order chi connectivity index (χ1) is 8.25. The minimum absolute atomic E-state index is 0.676. The van der Waals surface area contributed by atoms with Crippen molar-refractivity contribution in [2.45, 2.75) is 6.42 Å². The molecule has 0 saturated heterocycles. The summed E-state index contributed by atoms with van der Waals surface area (Å²) in [4.78, 5) is 0. The third kappa shape index (κ3) is 3.65. The molecule has 0 bridgehead atoms. The Morgan fingerprint density at radius 1 is 0.941 bits per heavy atom. The highest BCUT2D eigenvalue weighted by molar-refractivity contribution is 6.35. The van der Waals surface area contributed by atoms with Crippen LogP contribution in [0.2, 0.25) is 10.0 Å². The van der Waals surface area contributed by atoms with Crippen LogP contribution in [0.25, 0.3) is 0 Å². The fraction of sp³-hybridized carbons (Fsp3) is 0.143. The summed E-state index contributed by atoms with van der Waals surface area (Å²) in [5, 5.41) is 4.75. The molecule has 1 N–H and O–H groups in total. The van der Waals surface area contributed by atoms with E-state index in [1.54, 1.807) is 6.07 Å². The van der Waals surface area contributed by atoms with Crippen molar-refractivity contribution < 1.29 is 0 Å². The first kappa shape index (κ1) is 12.3. The van der Waals surface area contributed by atoms with E-state index in [2.05, 4.69) is 5.32 Å². The Hall–Kier alpha value is -1.18. The van der Waals surface area contributed by atoms with Crippen LogP contribution in [-0.2, 0) is 6.42 Å². The van der Waals surface area contributed by atoms with Crippen molar-refractivity contribution in [2.75, 3.05) is 11.9 Å². The number of halogens is 2. The Balaban J connectivity index is 1.90. The van der Waals surface area contributed by atoms with Crippen molar-refractivity contribution in [1.82, 2.24) is 0 Å². The average molecular weight is 266 g/mol. The van der Waals surface area contributed by atoms with Crippen molar-refractivity contribution in [3.05, 3.63) is 64.1 Å². The Kier molecular flexibility index (Phi) is 4.29. The van der Waals surface area contributed by atoms with E-state index in [1.165, 1.54) is 0 Å². The van der Waals surface area contributed by atoms with Gasteiger partial charge in [0.05, 0.1) is 0 Å². The fourth-order valence-electron chi connectivity index (χ4n) is 1.62. The Bertz CT molecular complexity index is 483. The molecule has 0 spiro atoms. The number of nitrogens with one attached hydrogen (secondary N) is 1. The molecule has 0 fully saturated rings. The lowest BCUT2D eigenvalue weighted by Gasteiger charge is -2.07. The number of para-hydroxylation sites is 1. The molecule has 0 aliphatic carbocycles. The predicted octanol–water partition coefficient (Wildman–Crippen LogP) is 4.65. The van der Waals surface area contributed by atoms with Gasteiger partial charge in [0.1, 0.15) is 0 Å². The molecule has 0 radical (unpaired) electrons. The third-order valence-electron chi connectivity index (χ3n) is 2.51. The normalized spacial score (nSPS) is 10.2. The third-order valence-corrected chi connectivity index (χ3v) is 3.10. The van der Waals surface area contributed by atoms with Crippen LogP contribution in [0, 0.1) is 0 Å². The second-order valence-electron chi connectivity index (χ2n) is 3.78. The molecular formula is C14H13Cl2N. The first-order valence-corrected chi connectivity index (χ1v) is 6.24. The molecule has 0 aromatic heterocycles. The van der Waals surface area contributed by atoms with E-state index in [1.807, 2.05) is 42.5 Å². The van der Waals surface area contributed by atoms with Crippen LogP contribution in [0.3, 0.4) is 0 Å². The predicted molar refractivity (Wildman–Crippen MR) is 75.1 cm³/mol. The van der Waals surface area contributed by atoms with E-state index < -0.39 is 0 Å². The molecule has 2 aromatic carbocycles. The summed E-state index contributed by atoms with van der Waals surface area (Å²) in [6, 6.07) is 15.7. The second-order valence-corrected chi connectivity index (χ2v) is 4.62. The van der Waals surface area contributed by atoms with Crippen LogP contribution in [0.5, 0.6) is 0 Å². The van der Waals surface area contributed by atoms with E-state index >= 15 is 0 Å². The summed E-state index contributed by atoms with van der Waals surface area (Å²) in [6.07, 6.45) is 0.880. The highest BCUT2D eigenvalue weighted by atomic mass is 35.5. The number of hydrogen-bond donors (Lipinski definition) is 1. The van der Waals surface area contributed by atoms with Gasteiger partial charge in [0.25, 0.3) is 0 Å². The molecule has 1 nitrogen and oxygen atoms in total. The molecule has 0 aliphatic heterocycles. The number of benzene rings is 2. The zero-order chi connectivity index (χ0) is 12.1. The van der Waals surface area contributed by atoms with Crippen LogP contribution in [0.4, 0.5) is 5.69 Å².